The lowest BCUT2D eigenvalue weighted by atomic mass is 9.51. The fourth-order valence-electron chi connectivity index (χ4n) is 3.99. The smallest absolute Gasteiger partial charge is 0.213 e. The van der Waals surface area contributed by atoms with E-state index in [0.717, 1.165) is 31.0 Å². The molecule has 0 radical (unpaired) electrons. The Morgan fingerprint density at radius 2 is 2.15 bits per heavy atom. The molecular weight excluding hydrogens is 455 g/mol. The monoisotopic (exact) mass is 488 g/mol. The summed E-state index contributed by atoms with van der Waals surface area (Å²) in [6, 6.07) is 4.42. The highest BCUT2D eigenvalue weighted by Gasteiger charge is 2.59. The molecule has 2 unspecified atom stereocenters. The van der Waals surface area contributed by atoms with Crippen LogP contribution in [0, 0.1) is 5.41 Å². The molecule has 0 aromatic carbocycles. The number of guanidine groups is 1. The summed E-state index contributed by atoms with van der Waals surface area (Å²) >= 11 is 0. The van der Waals surface area contributed by atoms with Crippen LogP contribution in [0.1, 0.15) is 51.5 Å². The van der Waals surface area contributed by atoms with Gasteiger partial charge in [0.2, 0.25) is 5.88 Å². The zero-order valence-electron chi connectivity index (χ0n) is 16.7. The third-order valence-electron chi connectivity index (χ3n) is 5.68. The fourth-order valence-corrected chi connectivity index (χ4v) is 3.99. The van der Waals surface area contributed by atoms with Crippen molar-refractivity contribution in [3.63, 3.8) is 0 Å². The van der Waals surface area contributed by atoms with Crippen molar-refractivity contribution >= 4 is 29.9 Å². The van der Waals surface area contributed by atoms with Crippen LogP contribution >= 0.6 is 24.0 Å². The maximum absolute atomic E-state index is 5.93. The molecule has 2 atom stereocenters. The molecule has 1 aromatic heterocycles. The zero-order valence-corrected chi connectivity index (χ0v) is 19.0. The van der Waals surface area contributed by atoms with Gasteiger partial charge in [-0.25, -0.2) is 4.98 Å². The summed E-state index contributed by atoms with van der Waals surface area (Å²) in [7, 11) is 1.82. The van der Waals surface area contributed by atoms with Crippen molar-refractivity contribution in [3.05, 3.63) is 23.9 Å². The molecule has 1 spiro atoms. The third-order valence-corrected chi connectivity index (χ3v) is 5.68. The maximum atomic E-state index is 5.93. The first kappa shape index (κ1) is 22.2. The van der Waals surface area contributed by atoms with Gasteiger partial charge in [-0.15, -0.1) is 24.0 Å². The molecule has 2 N–H and O–H groups in total. The lowest BCUT2D eigenvalue weighted by Crippen LogP contribution is -2.68. The standard InChI is InChI=1S/C20H32N4O2.HI/c1-4-11-26-18-8-7-15(13-22-18)14-23-19(21-3)24-16-12-17(25-5-2)20(16)9-6-10-20;/h7-8,13,16-17H,4-6,9-12,14H2,1-3H3,(H2,21,23,24);1H. The minimum Gasteiger partial charge on any atom is -0.478 e. The van der Waals surface area contributed by atoms with E-state index in [2.05, 4.69) is 34.5 Å². The Labute approximate surface area is 179 Å². The van der Waals surface area contributed by atoms with Gasteiger partial charge in [0.15, 0.2) is 5.96 Å². The van der Waals surface area contributed by atoms with E-state index in [0.29, 0.717) is 36.6 Å². The van der Waals surface area contributed by atoms with Crippen LogP contribution in [0.3, 0.4) is 0 Å². The number of nitrogens with zero attached hydrogens (tertiary/aromatic N) is 2. The van der Waals surface area contributed by atoms with Crippen LogP contribution in [-0.4, -0.2) is 43.4 Å². The third kappa shape index (κ3) is 5.04. The molecule has 0 aliphatic heterocycles. The first-order valence-electron chi connectivity index (χ1n) is 9.88. The van der Waals surface area contributed by atoms with Gasteiger partial charge in [0, 0.05) is 43.9 Å². The highest BCUT2D eigenvalue weighted by molar-refractivity contribution is 14.0. The van der Waals surface area contributed by atoms with E-state index < -0.39 is 0 Å². The molecule has 2 fully saturated rings. The number of nitrogens with one attached hydrogen (secondary N) is 2. The average molecular weight is 488 g/mol. The average Bonchev–Trinajstić information content (AvgIpc) is 2.61. The molecule has 1 heterocycles. The topological polar surface area (TPSA) is 67.8 Å². The number of pyridine rings is 1. The molecule has 6 nitrogen and oxygen atoms in total. The summed E-state index contributed by atoms with van der Waals surface area (Å²) in [6.07, 6.45) is 8.15. The van der Waals surface area contributed by atoms with Crippen molar-refractivity contribution in [2.24, 2.45) is 10.4 Å². The van der Waals surface area contributed by atoms with Crippen molar-refractivity contribution < 1.29 is 9.47 Å². The predicted molar refractivity (Wildman–Crippen MR) is 119 cm³/mol. The zero-order chi connectivity index (χ0) is 18.4. The maximum Gasteiger partial charge on any atom is 0.213 e. The molecule has 152 valence electrons. The second-order valence-electron chi connectivity index (χ2n) is 7.24. The lowest BCUT2D eigenvalue weighted by Gasteiger charge is -2.61. The Morgan fingerprint density at radius 3 is 2.70 bits per heavy atom. The number of hydrogen-bond acceptors (Lipinski definition) is 4. The summed E-state index contributed by atoms with van der Waals surface area (Å²) < 4.78 is 11.5. The van der Waals surface area contributed by atoms with E-state index in [-0.39, 0.29) is 24.0 Å². The van der Waals surface area contributed by atoms with Gasteiger partial charge in [-0.3, -0.25) is 4.99 Å². The number of rotatable bonds is 8. The quantitative estimate of drug-likeness (QED) is 0.333. The Balaban J connectivity index is 0.00000261. The van der Waals surface area contributed by atoms with E-state index in [4.69, 9.17) is 9.47 Å². The second kappa shape index (κ2) is 10.5. The van der Waals surface area contributed by atoms with Crippen LogP contribution in [0.2, 0.25) is 0 Å². The molecule has 0 amide bonds. The number of aliphatic imine (C=N–C) groups is 1. The van der Waals surface area contributed by atoms with Gasteiger partial charge in [-0.05, 0) is 38.2 Å². The number of ether oxygens (including phenoxy) is 2. The van der Waals surface area contributed by atoms with E-state index >= 15 is 0 Å². The summed E-state index contributed by atoms with van der Waals surface area (Å²) in [5, 5.41) is 7.01. The molecular formula is C20H33IN4O2. The minimum atomic E-state index is 0. The molecule has 1 aromatic rings. The van der Waals surface area contributed by atoms with E-state index in [1.54, 1.807) is 0 Å². The number of hydrogen-bond donors (Lipinski definition) is 2. The van der Waals surface area contributed by atoms with Crippen molar-refractivity contribution in [2.45, 2.75) is 64.6 Å². The summed E-state index contributed by atoms with van der Waals surface area (Å²) in [5.41, 5.74) is 1.43. The van der Waals surface area contributed by atoms with Gasteiger partial charge in [-0.1, -0.05) is 19.4 Å². The van der Waals surface area contributed by atoms with Crippen LogP contribution in [0.4, 0.5) is 0 Å². The van der Waals surface area contributed by atoms with Gasteiger partial charge in [-0.2, -0.15) is 0 Å². The molecule has 3 rings (SSSR count). The number of aromatic nitrogens is 1. The molecule has 0 bridgehead atoms. The highest BCUT2D eigenvalue weighted by atomic mass is 127. The van der Waals surface area contributed by atoms with Crippen LogP contribution in [-0.2, 0) is 11.3 Å². The Bertz CT molecular complexity index is 605. The van der Waals surface area contributed by atoms with Crippen molar-refractivity contribution in [2.75, 3.05) is 20.3 Å². The van der Waals surface area contributed by atoms with Crippen molar-refractivity contribution in [1.82, 2.24) is 15.6 Å². The summed E-state index contributed by atoms with van der Waals surface area (Å²) in [6.45, 7) is 6.36. The SMILES string of the molecule is CCCOc1ccc(CNC(=NC)NC2CC(OCC)C23CCC3)cn1.I. The van der Waals surface area contributed by atoms with Gasteiger partial charge >= 0.3 is 0 Å². The van der Waals surface area contributed by atoms with Crippen molar-refractivity contribution in [1.29, 1.82) is 0 Å². The largest absolute Gasteiger partial charge is 0.478 e. The number of halogens is 1. The first-order chi connectivity index (χ1) is 12.7. The van der Waals surface area contributed by atoms with Crippen LogP contribution in [0.15, 0.2) is 23.3 Å². The van der Waals surface area contributed by atoms with Crippen LogP contribution in [0.5, 0.6) is 5.88 Å². The van der Waals surface area contributed by atoms with Gasteiger partial charge in [0.05, 0.1) is 12.7 Å². The normalized spacial score (nSPS) is 23.0. The van der Waals surface area contributed by atoms with E-state index in [9.17, 15) is 0 Å². The summed E-state index contributed by atoms with van der Waals surface area (Å²) in [5.74, 6) is 1.53. The van der Waals surface area contributed by atoms with Gasteiger partial charge < -0.3 is 20.1 Å². The molecule has 27 heavy (non-hydrogen) atoms. The summed E-state index contributed by atoms with van der Waals surface area (Å²) in [4.78, 5) is 8.73. The lowest BCUT2D eigenvalue weighted by molar-refractivity contribution is -0.168. The molecule has 2 aliphatic rings. The first-order valence-corrected chi connectivity index (χ1v) is 9.88. The Hall–Kier alpha value is -1.09. The molecule has 7 heteroatoms. The van der Waals surface area contributed by atoms with Crippen LogP contribution < -0.4 is 15.4 Å². The van der Waals surface area contributed by atoms with E-state index in [1.807, 2.05) is 25.4 Å². The second-order valence-corrected chi connectivity index (χ2v) is 7.24. The minimum absolute atomic E-state index is 0. The fraction of sp³-hybridized carbons (Fsp3) is 0.700. The van der Waals surface area contributed by atoms with Crippen LogP contribution in [0.25, 0.3) is 0 Å². The van der Waals surface area contributed by atoms with E-state index in [1.165, 1.54) is 19.3 Å². The molecule has 2 saturated carbocycles. The highest BCUT2D eigenvalue weighted by Crippen LogP contribution is 2.57. The Kier molecular flexibility index (Phi) is 8.60. The van der Waals surface area contributed by atoms with Crippen molar-refractivity contribution in [3.8, 4) is 5.88 Å². The Morgan fingerprint density at radius 1 is 1.33 bits per heavy atom. The van der Waals surface area contributed by atoms with Gasteiger partial charge in [0.1, 0.15) is 0 Å². The van der Waals surface area contributed by atoms with Gasteiger partial charge in [0.25, 0.3) is 0 Å². The molecule has 2 aliphatic carbocycles. The molecule has 0 saturated heterocycles. The predicted octanol–water partition coefficient (Wildman–Crippen LogP) is 3.50.